The first-order valence-electron chi connectivity index (χ1n) is 10.3. The van der Waals surface area contributed by atoms with Crippen LogP contribution in [0.5, 0.6) is 5.75 Å². The molecule has 0 aliphatic carbocycles. The molecular weight excluding hydrogens is 366 g/mol. The van der Waals surface area contributed by atoms with Gasteiger partial charge in [-0.05, 0) is 41.0 Å². The predicted molar refractivity (Wildman–Crippen MR) is 115 cm³/mol. The minimum absolute atomic E-state index is 0.0352. The molecule has 3 rings (SSSR count). The average Bonchev–Trinajstić information content (AvgIpc) is 2.60. The van der Waals surface area contributed by atoms with Gasteiger partial charge in [-0.1, -0.05) is 41.5 Å². The van der Waals surface area contributed by atoms with Crippen molar-refractivity contribution in [1.82, 2.24) is 10.6 Å². The number of piperidine rings is 1. The molecule has 0 radical (unpaired) electrons. The van der Waals surface area contributed by atoms with E-state index in [-0.39, 0.29) is 39.9 Å². The maximum absolute atomic E-state index is 13.0. The number of hydrogen-bond acceptors (Lipinski definition) is 5. The monoisotopic (exact) mass is 399 g/mol. The van der Waals surface area contributed by atoms with Crippen LogP contribution in [0.4, 0.5) is 5.69 Å². The number of carbonyl (C=O) groups is 2. The summed E-state index contributed by atoms with van der Waals surface area (Å²) in [4.78, 5) is 25.9. The molecule has 2 heterocycles. The first kappa shape index (κ1) is 21.4. The molecule has 2 unspecified atom stereocenters. The Labute approximate surface area is 173 Å². The number of amides is 1. The van der Waals surface area contributed by atoms with Gasteiger partial charge < -0.3 is 21.1 Å². The van der Waals surface area contributed by atoms with Gasteiger partial charge in [-0.2, -0.15) is 0 Å². The molecule has 2 atom stereocenters. The van der Waals surface area contributed by atoms with Crippen molar-refractivity contribution >= 4 is 17.4 Å². The summed E-state index contributed by atoms with van der Waals surface area (Å²) in [5.74, 6) is -0.587. The fourth-order valence-electron chi connectivity index (χ4n) is 4.09. The van der Waals surface area contributed by atoms with Crippen LogP contribution in [0.2, 0.25) is 0 Å². The van der Waals surface area contributed by atoms with E-state index in [0.717, 1.165) is 30.6 Å². The number of ketones is 1. The first-order chi connectivity index (χ1) is 13.4. The standard InChI is InChI=1S/C23H33N3O3/c1-22(2,3)15-9-16(23(4,5)6)19(27)10-17(15)26-21(29)14-11-25-18-12-24-8-7-13(18)20(14)28/h9-11,13,18,24-25,27H,7-8,12H2,1-6H3,(H,26,29). The van der Waals surface area contributed by atoms with Crippen molar-refractivity contribution in [2.75, 3.05) is 18.4 Å². The molecule has 6 nitrogen and oxygen atoms in total. The van der Waals surface area contributed by atoms with Crippen molar-refractivity contribution in [2.45, 2.75) is 64.8 Å². The summed E-state index contributed by atoms with van der Waals surface area (Å²) in [5.41, 5.74) is 1.95. The van der Waals surface area contributed by atoms with Gasteiger partial charge in [0.1, 0.15) is 5.75 Å². The third kappa shape index (κ3) is 4.32. The van der Waals surface area contributed by atoms with Crippen LogP contribution in [0.15, 0.2) is 23.9 Å². The van der Waals surface area contributed by atoms with Gasteiger partial charge in [0, 0.05) is 36.5 Å². The molecule has 0 bridgehead atoms. The number of anilines is 1. The topological polar surface area (TPSA) is 90.5 Å². The number of aromatic hydroxyl groups is 1. The van der Waals surface area contributed by atoms with Crippen LogP contribution in [-0.2, 0) is 20.4 Å². The molecule has 4 N–H and O–H groups in total. The number of benzene rings is 1. The van der Waals surface area contributed by atoms with Crippen molar-refractivity contribution in [3.63, 3.8) is 0 Å². The highest BCUT2D eigenvalue weighted by Gasteiger charge is 2.38. The summed E-state index contributed by atoms with van der Waals surface area (Å²) in [5, 5.41) is 19.9. The van der Waals surface area contributed by atoms with Crippen LogP contribution in [0, 0.1) is 5.92 Å². The molecule has 29 heavy (non-hydrogen) atoms. The van der Waals surface area contributed by atoms with Crippen LogP contribution >= 0.6 is 0 Å². The third-order valence-electron chi connectivity index (χ3n) is 5.77. The van der Waals surface area contributed by atoms with Gasteiger partial charge >= 0.3 is 0 Å². The zero-order valence-electron chi connectivity index (χ0n) is 18.3. The number of hydrogen-bond donors (Lipinski definition) is 4. The third-order valence-corrected chi connectivity index (χ3v) is 5.77. The van der Waals surface area contributed by atoms with E-state index in [4.69, 9.17) is 0 Å². The van der Waals surface area contributed by atoms with Crippen molar-refractivity contribution in [2.24, 2.45) is 5.92 Å². The van der Waals surface area contributed by atoms with Gasteiger partial charge in [-0.3, -0.25) is 9.59 Å². The van der Waals surface area contributed by atoms with Crippen molar-refractivity contribution in [1.29, 1.82) is 0 Å². The van der Waals surface area contributed by atoms with Gasteiger partial charge in [0.05, 0.1) is 5.57 Å². The van der Waals surface area contributed by atoms with Crippen LogP contribution in [-0.4, -0.2) is 35.9 Å². The molecule has 1 aromatic carbocycles. The van der Waals surface area contributed by atoms with Crippen molar-refractivity contribution in [3.8, 4) is 5.75 Å². The van der Waals surface area contributed by atoms with E-state index >= 15 is 0 Å². The molecular formula is C23H33N3O3. The minimum Gasteiger partial charge on any atom is -0.508 e. The van der Waals surface area contributed by atoms with Gasteiger partial charge in [0.15, 0.2) is 5.78 Å². The number of fused-ring (bicyclic) bond motifs is 1. The number of rotatable bonds is 2. The Hall–Kier alpha value is -2.34. The van der Waals surface area contributed by atoms with E-state index in [2.05, 4.69) is 36.7 Å². The summed E-state index contributed by atoms with van der Waals surface area (Å²) in [6.07, 6.45) is 2.25. The fraction of sp³-hybridized carbons (Fsp3) is 0.565. The van der Waals surface area contributed by atoms with E-state index in [0.29, 0.717) is 5.69 Å². The Morgan fingerprint density at radius 2 is 1.76 bits per heavy atom. The summed E-state index contributed by atoms with van der Waals surface area (Å²) in [7, 11) is 0. The second kappa shape index (κ2) is 7.48. The second-order valence-electron chi connectivity index (χ2n) is 10.2. The Bertz CT molecular complexity index is 859. The normalized spacial score (nSPS) is 22.4. The van der Waals surface area contributed by atoms with Gasteiger partial charge in [-0.15, -0.1) is 0 Å². The van der Waals surface area contributed by atoms with Crippen LogP contribution in [0.1, 0.15) is 59.1 Å². The molecule has 2 aliphatic rings. The molecule has 1 aromatic rings. The van der Waals surface area contributed by atoms with Gasteiger partial charge in [0.25, 0.3) is 5.91 Å². The lowest BCUT2D eigenvalue weighted by molar-refractivity contribution is -0.124. The largest absolute Gasteiger partial charge is 0.508 e. The lowest BCUT2D eigenvalue weighted by atomic mass is 9.79. The molecule has 1 fully saturated rings. The summed E-state index contributed by atoms with van der Waals surface area (Å²) < 4.78 is 0. The van der Waals surface area contributed by atoms with E-state index in [1.807, 2.05) is 26.8 Å². The van der Waals surface area contributed by atoms with E-state index in [9.17, 15) is 14.7 Å². The SMILES string of the molecule is CC(C)(C)c1cc(C(C)(C)C)c(NC(=O)C2=CNC3CNCCC3C2=O)cc1O. The number of phenols is 1. The zero-order valence-corrected chi connectivity index (χ0v) is 18.3. The second-order valence-corrected chi connectivity index (χ2v) is 10.2. The quantitative estimate of drug-likeness (QED) is 0.574. The molecule has 0 saturated carbocycles. The van der Waals surface area contributed by atoms with Crippen LogP contribution in [0.25, 0.3) is 0 Å². The van der Waals surface area contributed by atoms with Crippen molar-refractivity contribution in [3.05, 3.63) is 35.0 Å². The lowest BCUT2D eigenvalue weighted by Crippen LogP contribution is -2.53. The Balaban J connectivity index is 1.93. The molecule has 0 aromatic heterocycles. The number of nitrogens with one attached hydrogen (secondary N) is 3. The van der Waals surface area contributed by atoms with Gasteiger partial charge in [0.2, 0.25) is 0 Å². The maximum Gasteiger partial charge on any atom is 0.260 e. The molecule has 2 aliphatic heterocycles. The summed E-state index contributed by atoms with van der Waals surface area (Å²) in [6.45, 7) is 13.8. The highest BCUT2D eigenvalue weighted by molar-refractivity contribution is 6.24. The van der Waals surface area contributed by atoms with Crippen LogP contribution < -0.4 is 16.0 Å². The highest BCUT2D eigenvalue weighted by Crippen LogP contribution is 2.39. The molecule has 1 saturated heterocycles. The molecule has 1 amide bonds. The minimum atomic E-state index is -0.437. The maximum atomic E-state index is 13.0. The molecule has 158 valence electrons. The summed E-state index contributed by atoms with van der Waals surface area (Å²) in [6, 6.07) is 3.60. The average molecular weight is 400 g/mol. The Morgan fingerprint density at radius 1 is 1.10 bits per heavy atom. The number of phenolic OH excluding ortho intramolecular Hbond substituents is 1. The Kier molecular flexibility index (Phi) is 5.52. The molecule has 0 spiro atoms. The zero-order chi connectivity index (χ0) is 21.6. The van der Waals surface area contributed by atoms with Crippen molar-refractivity contribution < 1.29 is 14.7 Å². The van der Waals surface area contributed by atoms with E-state index in [1.165, 1.54) is 6.20 Å². The Morgan fingerprint density at radius 3 is 2.38 bits per heavy atom. The van der Waals surface area contributed by atoms with Gasteiger partial charge in [-0.25, -0.2) is 0 Å². The lowest BCUT2D eigenvalue weighted by Gasteiger charge is -2.35. The van der Waals surface area contributed by atoms with E-state index in [1.54, 1.807) is 6.07 Å². The molecule has 6 heteroatoms. The highest BCUT2D eigenvalue weighted by atomic mass is 16.3. The summed E-state index contributed by atoms with van der Waals surface area (Å²) >= 11 is 0. The first-order valence-corrected chi connectivity index (χ1v) is 10.3. The number of carbonyl (C=O) groups excluding carboxylic acids is 2. The van der Waals surface area contributed by atoms with E-state index < -0.39 is 5.91 Å². The number of Topliss-reactive ketones (excluding diaryl/α,β-unsaturated/α-hetero) is 1. The smallest absolute Gasteiger partial charge is 0.260 e. The predicted octanol–water partition coefficient (Wildman–Crippen LogP) is 2.96. The fourth-order valence-corrected chi connectivity index (χ4v) is 4.09. The van der Waals surface area contributed by atoms with Crippen LogP contribution in [0.3, 0.4) is 0 Å².